The van der Waals surface area contributed by atoms with E-state index >= 15 is 0 Å². The molecule has 0 saturated carbocycles. The second-order valence-electron chi connectivity index (χ2n) is 1.31. The van der Waals surface area contributed by atoms with E-state index in [1.54, 1.807) is 0 Å². The standard InChI is InChI=1S/CH4N2S.2Cr.Na.H2O.6O/c2-1(3)4;;;;;;;;;;/h(H4,2,3,4);;;;1H2;;;;;;/q;;2*+1;;;;;;;-1/p-1. The Morgan fingerprint density at radius 1 is 1.29 bits per heavy atom. The summed E-state index contributed by atoms with van der Waals surface area (Å²) in [4.78, 5) is 0. The second-order valence-corrected chi connectivity index (χ2v) is 5.48. The Kier molecular flexibility index (Phi) is 11.6. The summed E-state index contributed by atoms with van der Waals surface area (Å²) >= 11 is -7.74. The van der Waals surface area contributed by atoms with Crippen LogP contribution in [-0.2, 0) is 45.3 Å². The summed E-state index contributed by atoms with van der Waals surface area (Å²) < 4.78 is 57.6. The minimum atomic E-state index is -6.01. The summed E-state index contributed by atoms with van der Waals surface area (Å²) in [7, 11) is 0. The molecule has 5 N–H and O–H groups in total. The molecule has 0 fully saturated rings. The van der Waals surface area contributed by atoms with E-state index in [4.69, 9.17) is 4.16 Å². The number of thiocarbonyl (C=S) groups is 1. The number of hydrogen-bond acceptors (Lipinski definition) is 7. The van der Waals surface area contributed by atoms with Crippen molar-refractivity contribution in [2.75, 3.05) is 0 Å². The van der Waals surface area contributed by atoms with Gasteiger partial charge in [-0.25, -0.2) is 0 Å². The molecule has 0 aliphatic rings. The van der Waals surface area contributed by atoms with Gasteiger partial charge in [0.2, 0.25) is 0 Å². The number of hydrogen-bond donors (Lipinski definition) is 3. The first-order valence-corrected chi connectivity index (χ1v) is 6.75. The average molecular weight is 316 g/mol. The van der Waals surface area contributed by atoms with Crippen molar-refractivity contribution in [2.24, 2.45) is 11.5 Å². The fraction of sp³-hybridized carbons (Fsp3) is 0. The first kappa shape index (κ1) is 20.3. The quantitative estimate of drug-likeness (QED) is 0.328. The van der Waals surface area contributed by atoms with Gasteiger partial charge in [-0.15, -0.1) is 0 Å². The Hall–Kier alpha value is 0.835. The van der Waals surface area contributed by atoms with Gasteiger partial charge in [-0.1, -0.05) is 0 Å². The Balaban J connectivity index is -0.000000209. The van der Waals surface area contributed by atoms with E-state index in [9.17, 15) is 19.4 Å². The summed E-state index contributed by atoms with van der Waals surface area (Å²) in [5, 5.41) is 0.000000000000000222. The van der Waals surface area contributed by atoms with Crippen molar-refractivity contribution in [3.8, 4) is 0 Å². The average Bonchev–Trinajstić information content (AvgIpc) is 1.47. The monoisotopic (exact) mass is 316 g/mol. The van der Waals surface area contributed by atoms with E-state index in [2.05, 4.69) is 26.5 Å². The van der Waals surface area contributed by atoms with Crippen LogP contribution in [0.25, 0.3) is 0 Å². The second kappa shape index (κ2) is 8.04. The van der Waals surface area contributed by atoms with E-state index < -0.39 is 27.2 Å². The van der Waals surface area contributed by atoms with Gasteiger partial charge in [-0.2, -0.15) is 0 Å². The van der Waals surface area contributed by atoms with E-state index in [1.165, 1.54) is 0 Å². The van der Waals surface area contributed by atoms with Crippen LogP contribution in [0.3, 0.4) is 0 Å². The minimum absolute atomic E-state index is 0. The van der Waals surface area contributed by atoms with E-state index in [-0.39, 0.29) is 34.7 Å². The molecule has 0 rings (SSSR count). The van der Waals surface area contributed by atoms with Gasteiger partial charge in [0.25, 0.3) is 0 Å². The van der Waals surface area contributed by atoms with E-state index in [1.807, 2.05) is 0 Å². The predicted molar refractivity (Wildman–Crippen MR) is 27.0 cm³/mol. The molecule has 0 atom stereocenters. The zero-order chi connectivity index (χ0) is 11.3. The Bertz CT molecular complexity index is 325. The Labute approximate surface area is 111 Å². The van der Waals surface area contributed by atoms with Gasteiger partial charge in [0.05, 0.1) is 0 Å². The van der Waals surface area contributed by atoms with Crippen LogP contribution >= 0.6 is 12.2 Å². The third kappa shape index (κ3) is 38.5. The SMILES string of the molecule is NC(N)=S.[Na+].[O]=[Cr](=[O])([O-])[O][Cr](=[O])(=[O])[OH]. The van der Waals surface area contributed by atoms with Crippen molar-refractivity contribution in [1.82, 2.24) is 0 Å². The molecule has 0 aromatic rings. The van der Waals surface area contributed by atoms with Crippen LogP contribution in [0.5, 0.6) is 0 Å². The fourth-order valence-corrected chi connectivity index (χ4v) is 1.79. The Morgan fingerprint density at radius 3 is 1.50 bits per heavy atom. The third-order valence-electron chi connectivity index (χ3n) is 0.169. The summed E-state index contributed by atoms with van der Waals surface area (Å²) in [6.07, 6.45) is 0. The van der Waals surface area contributed by atoms with Crippen molar-refractivity contribution in [3.63, 3.8) is 0 Å². The van der Waals surface area contributed by atoms with Gasteiger partial charge in [0.1, 0.15) is 0 Å². The molecular weight excluding hydrogens is 311 g/mol. The molecule has 0 spiro atoms. The van der Waals surface area contributed by atoms with Crippen LogP contribution in [-0.4, -0.2) is 9.27 Å². The maximum atomic E-state index is 9.49. The van der Waals surface area contributed by atoms with Crippen LogP contribution in [0, 0.1) is 0 Å². The van der Waals surface area contributed by atoms with E-state index in [0.717, 1.165) is 0 Å². The van der Waals surface area contributed by atoms with E-state index in [0.29, 0.717) is 0 Å². The van der Waals surface area contributed by atoms with Crippen LogP contribution in [0.1, 0.15) is 0 Å². The van der Waals surface area contributed by atoms with Crippen molar-refractivity contribution >= 4 is 17.3 Å². The third-order valence-corrected chi connectivity index (χ3v) is 2.88. The molecule has 0 aliphatic carbocycles. The van der Waals surface area contributed by atoms with Crippen molar-refractivity contribution in [1.29, 1.82) is 0 Å². The summed E-state index contributed by atoms with van der Waals surface area (Å²) in [6.45, 7) is 0. The van der Waals surface area contributed by atoms with Gasteiger partial charge in [0.15, 0.2) is 5.11 Å². The van der Waals surface area contributed by atoms with Crippen LogP contribution in [0.4, 0.5) is 0 Å². The van der Waals surface area contributed by atoms with Gasteiger partial charge in [-0.05, 0) is 12.2 Å². The first-order valence-electron chi connectivity index (χ1n) is 2.13. The molecule has 0 aromatic heterocycles. The van der Waals surface area contributed by atoms with Gasteiger partial charge in [-0.3, -0.25) is 0 Å². The molecule has 0 heterocycles. The van der Waals surface area contributed by atoms with Crippen LogP contribution < -0.4 is 45.2 Å². The number of rotatable bonds is 2. The Morgan fingerprint density at radius 2 is 1.50 bits per heavy atom. The molecule has 0 radical (unpaired) electrons. The molecule has 0 aliphatic heterocycles. The first-order chi connectivity index (χ1) is 5.44. The normalized spacial score (nSPS) is 10.4. The molecule has 0 bridgehead atoms. The van der Waals surface area contributed by atoms with Crippen LogP contribution in [0.15, 0.2) is 0 Å². The van der Waals surface area contributed by atoms with Gasteiger partial charge < -0.3 is 11.5 Å². The molecule has 0 aromatic carbocycles. The molecule has 0 amide bonds. The zero-order valence-corrected chi connectivity index (χ0v) is 12.1. The number of nitrogens with two attached hydrogens (primary N) is 2. The fourth-order valence-electron chi connectivity index (χ4n) is 0.105. The summed E-state index contributed by atoms with van der Waals surface area (Å²) in [6, 6.07) is 0. The summed E-state index contributed by atoms with van der Waals surface area (Å²) in [5.74, 6) is 0. The zero-order valence-electron chi connectivity index (χ0n) is 6.78. The molecule has 0 saturated heterocycles. The van der Waals surface area contributed by atoms with Gasteiger partial charge in [0, 0.05) is 0 Å². The molecule has 13 heteroatoms. The van der Waals surface area contributed by atoms with Crippen molar-refractivity contribution < 1.29 is 83.2 Å². The topological polar surface area (TPSA) is 173 Å². The molecule has 0 unspecified atom stereocenters. The molecule has 14 heavy (non-hydrogen) atoms. The van der Waals surface area contributed by atoms with Crippen molar-refractivity contribution in [3.05, 3.63) is 0 Å². The van der Waals surface area contributed by atoms with Gasteiger partial charge >= 0.3 is 83.2 Å². The predicted octanol–water partition coefficient (Wildman–Crippen LogP) is -6.10. The molecular formula is CH5Cr2N2NaO7S. The summed E-state index contributed by atoms with van der Waals surface area (Å²) in [5.41, 5.74) is 9.24. The van der Waals surface area contributed by atoms with Crippen molar-refractivity contribution in [2.45, 2.75) is 0 Å². The van der Waals surface area contributed by atoms with Crippen LogP contribution in [0.2, 0.25) is 0 Å². The molecule has 9 nitrogen and oxygen atoms in total. The maximum absolute atomic E-state index is 9.49. The molecule has 80 valence electrons.